The summed E-state index contributed by atoms with van der Waals surface area (Å²) in [6, 6.07) is 0. The highest BCUT2D eigenvalue weighted by Crippen LogP contribution is 2.26. The molecular weight excluding hydrogens is 200 g/mol. The van der Waals surface area contributed by atoms with Crippen LogP contribution in [0.3, 0.4) is 0 Å². The Morgan fingerprint density at radius 1 is 1.36 bits per heavy atom. The Labute approximate surface area is 85.4 Å². The van der Waals surface area contributed by atoms with Gasteiger partial charge in [0.25, 0.3) is 5.89 Å². The predicted octanol–water partition coefficient (Wildman–Crippen LogP) is 1.89. The van der Waals surface area contributed by atoms with Crippen molar-refractivity contribution in [1.29, 1.82) is 0 Å². The summed E-state index contributed by atoms with van der Waals surface area (Å²) in [5.41, 5.74) is 0.00986. The zero-order chi connectivity index (χ0) is 10.2. The van der Waals surface area contributed by atoms with Crippen molar-refractivity contribution in [3.05, 3.63) is 11.4 Å². The Morgan fingerprint density at radius 2 is 2.14 bits per heavy atom. The van der Waals surface area contributed by atoms with Crippen LogP contribution in [0, 0.1) is 0 Å². The number of rotatable bonds is 1. The van der Waals surface area contributed by atoms with Crippen LogP contribution in [0.4, 0.5) is 0 Å². The SMILES string of the molecule is CC(C)(C)c1nc(-c2nnco2)ns1. The van der Waals surface area contributed by atoms with Crippen LogP contribution in [0.1, 0.15) is 25.8 Å². The van der Waals surface area contributed by atoms with Crippen LogP contribution >= 0.6 is 11.5 Å². The molecule has 74 valence electrons. The van der Waals surface area contributed by atoms with Crippen molar-refractivity contribution in [3.8, 4) is 11.7 Å². The van der Waals surface area contributed by atoms with E-state index in [1.807, 2.05) is 0 Å². The molecule has 0 fully saturated rings. The van der Waals surface area contributed by atoms with E-state index in [9.17, 15) is 0 Å². The zero-order valence-electron chi connectivity index (χ0n) is 8.18. The molecule has 0 aromatic carbocycles. The van der Waals surface area contributed by atoms with Crippen LogP contribution in [0.15, 0.2) is 10.8 Å². The Kier molecular flexibility index (Phi) is 2.07. The normalized spacial score (nSPS) is 11.9. The summed E-state index contributed by atoms with van der Waals surface area (Å²) in [5.74, 6) is 0.883. The molecule has 0 atom stereocenters. The lowest BCUT2D eigenvalue weighted by Gasteiger charge is -2.12. The highest BCUT2D eigenvalue weighted by Gasteiger charge is 2.21. The van der Waals surface area contributed by atoms with E-state index in [0.29, 0.717) is 11.7 Å². The Morgan fingerprint density at radius 3 is 2.64 bits per heavy atom. The largest absolute Gasteiger partial charge is 0.421 e. The summed E-state index contributed by atoms with van der Waals surface area (Å²) in [5, 5.41) is 8.29. The van der Waals surface area contributed by atoms with Gasteiger partial charge < -0.3 is 4.42 Å². The van der Waals surface area contributed by atoms with Gasteiger partial charge in [0.05, 0.1) is 0 Å². The zero-order valence-corrected chi connectivity index (χ0v) is 9.00. The van der Waals surface area contributed by atoms with E-state index in [0.717, 1.165) is 5.01 Å². The Hall–Kier alpha value is -1.30. The maximum atomic E-state index is 5.00. The molecule has 2 heterocycles. The summed E-state index contributed by atoms with van der Waals surface area (Å²) < 4.78 is 9.16. The van der Waals surface area contributed by atoms with E-state index in [4.69, 9.17) is 4.42 Å². The molecule has 0 radical (unpaired) electrons. The van der Waals surface area contributed by atoms with E-state index in [-0.39, 0.29) is 5.41 Å². The van der Waals surface area contributed by atoms with Crippen molar-refractivity contribution in [2.45, 2.75) is 26.2 Å². The van der Waals surface area contributed by atoms with Crippen molar-refractivity contribution in [1.82, 2.24) is 19.6 Å². The first kappa shape index (κ1) is 9.26. The van der Waals surface area contributed by atoms with Gasteiger partial charge in [0.2, 0.25) is 12.2 Å². The number of hydrogen-bond acceptors (Lipinski definition) is 6. The monoisotopic (exact) mass is 210 g/mol. The van der Waals surface area contributed by atoms with Gasteiger partial charge in [0.1, 0.15) is 5.01 Å². The smallest absolute Gasteiger partial charge is 0.286 e. The highest BCUT2D eigenvalue weighted by atomic mass is 32.1. The topological polar surface area (TPSA) is 64.7 Å². The van der Waals surface area contributed by atoms with Gasteiger partial charge in [-0.05, 0) is 11.5 Å². The minimum Gasteiger partial charge on any atom is -0.421 e. The lowest BCUT2D eigenvalue weighted by molar-refractivity contribution is 0.560. The second-order valence-electron chi connectivity index (χ2n) is 3.92. The fourth-order valence-corrected chi connectivity index (χ4v) is 1.58. The minimum absolute atomic E-state index is 0.00986. The van der Waals surface area contributed by atoms with E-state index in [2.05, 4.69) is 40.3 Å². The van der Waals surface area contributed by atoms with Crippen molar-refractivity contribution in [2.75, 3.05) is 0 Å². The molecule has 0 amide bonds. The van der Waals surface area contributed by atoms with Crippen molar-refractivity contribution < 1.29 is 4.42 Å². The van der Waals surface area contributed by atoms with E-state index >= 15 is 0 Å². The first-order chi connectivity index (χ1) is 6.57. The van der Waals surface area contributed by atoms with Crippen molar-refractivity contribution in [3.63, 3.8) is 0 Å². The number of nitrogens with zero attached hydrogens (tertiary/aromatic N) is 4. The van der Waals surface area contributed by atoms with Crippen LogP contribution < -0.4 is 0 Å². The molecule has 0 spiro atoms. The molecule has 0 aliphatic rings. The van der Waals surface area contributed by atoms with Crippen LogP contribution in [0.2, 0.25) is 0 Å². The fraction of sp³-hybridized carbons (Fsp3) is 0.500. The molecule has 6 heteroatoms. The highest BCUT2D eigenvalue weighted by molar-refractivity contribution is 7.05. The lowest BCUT2D eigenvalue weighted by atomic mass is 9.98. The molecule has 0 N–H and O–H groups in total. The standard InChI is InChI=1S/C8H10N4OS/c1-8(2,3)7-10-5(12-14-7)6-11-9-4-13-6/h4H,1-3H3. The summed E-state index contributed by atoms with van der Waals surface area (Å²) in [4.78, 5) is 4.34. The molecule has 2 aromatic rings. The second-order valence-corrected chi connectivity index (χ2v) is 4.67. The Balaban J connectivity index is 2.36. The molecule has 0 aliphatic heterocycles. The summed E-state index contributed by atoms with van der Waals surface area (Å²) in [6.07, 6.45) is 1.27. The minimum atomic E-state index is 0.00986. The maximum absolute atomic E-state index is 5.00. The third kappa shape index (κ3) is 1.65. The quantitative estimate of drug-likeness (QED) is 0.719. The fourth-order valence-electron chi connectivity index (χ4n) is 0.885. The summed E-state index contributed by atoms with van der Waals surface area (Å²) >= 11 is 1.37. The van der Waals surface area contributed by atoms with E-state index in [1.54, 1.807) is 0 Å². The molecule has 0 bridgehead atoms. The van der Waals surface area contributed by atoms with Crippen molar-refractivity contribution >= 4 is 11.5 Å². The average molecular weight is 210 g/mol. The molecule has 0 unspecified atom stereocenters. The van der Waals surface area contributed by atoms with Crippen LogP contribution in [0.5, 0.6) is 0 Å². The van der Waals surface area contributed by atoms with Gasteiger partial charge in [-0.15, -0.1) is 10.2 Å². The van der Waals surface area contributed by atoms with Gasteiger partial charge in [-0.1, -0.05) is 20.8 Å². The second kappa shape index (κ2) is 3.13. The number of hydrogen-bond donors (Lipinski definition) is 0. The third-order valence-electron chi connectivity index (χ3n) is 1.62. The molecule has 0 saturated heterocycles. The molecule has 2 aromatic heterocycles. The molecule has 5 nitrogen and oxygen atoms in total. The van der Waals surface area contributed by atoms with E-state index in [1.165, 1.54) is 17.9 Å². The first-order valence-corrected chi connectivity index (χ1v) is 4.95. The Bertz CT molecular complexity index is 415. The van der Waals surface area contributed by atoms with Gasteiger partial charge in [-0.25, -0.2) is 4.98 Å². The van der Waals surface area contributed by atoms with Crippen LogP contribution in [0.25, 0.3) is 11.7 Å². The average Bonchev–Trinajstić information content (AvgIpc) is 2.73. The summed E-state index contributed by atoms with van der Waals surface area (Å²) in [6.45, 7) is 6.27. The summed E-state index contributed by atoms with van der Waals surface area (Å²) in [7, 11) is 0. The molecule has 0 saturated carbocycles. The molecule has 0 aliphatic carbocycles. The predicted molar refractivity (Wildman–Crippen MR) is 51.9 cm³/mol. The van der Waals surface area contributed by atoms with Gasteiger partial charge in [0.15, 0.2) is 0 Å². The van der Waals surface area contributed by atoms with Gasteiger partial charge in [-0.3, -0.25) is 0 Å². The van der Waals surface area contributed by atoms with Crippen LogP contribution in [-0.4, -0.2) is 19.6 Å². The molecule has 14 heavy (non-hydrogen) atoms. The van der Waals surface area contributed by atoms with E-state index < -0.39 is 0 Å². The van der Waals surface area contributed by atoms with Gasteiger partial charge in [-0.2, -0.15) is 4.37 Å². The molecule has 2 rings (SSSR count). The molecular formula is C8H10N4OS. The third-order valence-corrected chi connectivity index (χ3v) is 2.76. The first-order valence-electron chi connectivity index (χ1n) is 4.18. The van der Waals surface area contributed by atoms with Gasteiger partial charge in [0, 0.05) is 5.41 Å². The van der Waals surface area contributed by atoms with Crippen molar-refractivity contribution in [2.24, 2.45) is 0 Å². The van der Waals surface area contributed by atoms with Gasteiger partial charge >= 0.3 is 0 Å². The van der Waals surface area contributed by atoms with Crippen LogP contribution in [-0.2, 0) is 5.41 Å². The maximum Gasteiger partial charge on any atom is 0.286 e. The number of aromatic nitrogens is 4. The lowest BCUT2D eigenvalue weighted by Crippen LogP contribution is -2.10.